The van der Waals surface area contributed by atoms with Crippen LogP contribution in [0.3, 0.4) is 0 Å². The number of para-hydroxylation sites is 1. The second-order valence-corrected chi connectivity index (χ2v) is 11.0. The van der Waals surface area contributed by atoms with E-state index in [2.05, 4.69) is 144 Å². The molecule has 0 aliphatic carbocycles. The van der Waals surface area contributed by atoms with Crippen LogP contribution in [0.2, 0.25) is 0 Å². The molecule has 0 atom stereocenters. The molecule has 0 saturated carbocycles. The third-order valence-electron chi connectivity index (χ3n) is 8.55. The summed E-state index contributed by atoms with van der Waals surface area (Å²) in [6, 6.07) is 53.5. The normalized spacial score (nSPS) is 11.7. The lowest BCUT2D eigenvalue weighted by Gasteiger charge is -2.15. The van der Waals surface area contributed by atoms with Gasteiger partial charge < -0.3 is 4.57 Å². The summed E-state index contributed by atoms with van der Waals surface area (Å²) in [6.07, 6.45) is 0. The lowest BCUT2D eigenvalue weighted by atomic mass is 10.0. The molecule has 0 unspecified atom stereocenters. The van der Waals surface area contributed by atoms with E-state index in [1.54, 1.807) is 0 Å². The van der Waals surface area contributed by atoms with E-state index in [1.807, 2.05) is 12.1 Å². The van der Waals surface area contributed by atoms with Crippen LogP contribution >= 0.6 is 0 Å². The smallest absolute Gasteiger partial charge is 0.113 e. The maximum absolute atomic E-state index is 5.45. The molecular weight excluding hydrogens is 522 g/mol. The number of hydrogen-bond acceptors (Lipinski definition) is 2. The molecule has 3 nitrogen and oxygen atoms in total. The van der Waals surface area contributed by atoms with E-state index in [0.717, 1.165) is 44.8 Å². The molecule has 9 aromatic rings. The molecule has 3 heteroatoms. The van der Waals surface area contributed by atoms with Crippen molar-refractivity contribution in [3.8, 4) is 28.2 Å². The molecule has 0 bridgehead atoms. The summed E-state index contributed by atoms with van der Waals surface area (Å²) in [6.45, 7) is 0. The van der Waals surface area contributed by atoms with Crippen LogP contribution in [0.15, 0.2) is 152 Å². The second kappa shape index (κ2) is 9.37. The first kappa shape index (κ1) is 23.9. The molecule has 0 saturated heterocycles. The van der Waals surface area contributed by atoms with Crippen molar-refractivity contribution in [2.75, 3.05) is 0 Å². The van der Waals surface area contributed by atoms with Crippen molar-refractivity contribution in [3.63, 3.8) is 0 Å². The fourth-order valence-corrected chi connectivity index (χ4v) is 6.64. The maximum atomic E-state index is 5.45. The zero-order chi connectivity index (χ0) is 28.3. The standard InChI is InChI=1S/C40H25N3/c1-3-14-28(15-4-1)37-38(29-16-5-2-6-17-29)42-39-33(41-37)20-11-21-35(39)43-34-25-23-26-12-7-9-18-30(26)36(34)32-24-22-27-13-8-10-19-31(27)40(32)43/h1-25H. The Kier molecular flexibility index (Phi) is 5.20. The summed E-state index contributed by atoms with van der Waals surface area (Å²) < 4.78 is 2.41. The van der Waals surface area contributed by atoms with E-state index in [0.29, 0.717) is 0 Å². The van der Waals surface area contributed by atoms with Crippen molar-refractivity contribution in [3.05, 3.63) is 152 Å². The molecule has 0 aliphatic heterocycles. The number of aromatic nitrogens is 3. The monoisotopic (exact) mass is 547 g/mol. The number of nitrogens with zero attached hydrogens (tertiary/aromatic N) is 3. The molecule has 2 aromatic heterocycles. The van der Waals surface area contributed by atoms with Crippen LogP contribution in [-0.4, -0.2) is 14.5 Å². The molecule has 0 N–H and O–H groups in total. The highest BCUT2D eigenvalue weighted by atomic mass is 15.0. The van der Waals surface area contributed by atoms with Gasteiger partial charge in [-0.1, -0.05) is 133 Å². The van der Waals surface area contributed by atoms with E-state index < -0.39 is 0 Å². The largest absolute Gasteiger partial charge is 0.306 e. The van der Waals surface area contributed by atoms with E-state index in [4.69, 9.17) is 9.97 Å². The molecule has 2 heterocycles. The van der Waals surface area contributed by atoms with Crippen LogP contribution in [0, 0.1) is 0 Å². The van der Waals surface area contributed by atoms with Gasteiger partial charge in [-0.05, 0) is 34.4 Å². The van der Waals surface area contributed by atoms with Gasteiger partial charge in [0.15, 0.2) is 0 Å². The van der Waals surface area contributed by atoms with Crippen molar-refractivity contribution < 1.29 is 0 Å². The molecule has 0 radical (unpaired) electrons. The average Bonchev–Trinajstić information content (AvgIpc) is 3.43. The molecule has 7 aromatic carbocycles. The van der Waals surface area contributed by atoms with Crippen molar-refractivity contribution in [1.82, 2.24) is 14.5 Å². The molecule has 0 fully saturated rings. The van der Waals surface area contributed by atoms with E-state index >= 15 is 0 Å². The first-order valence-corrected chi connectivity index (χ1v) is 14.6. The Hall–Kier alpha value is -5.80. The van der Waals surface area contributed by atoms with Gasteiger partial charge in [-0.2, -0.15) is 0 Å². The molecule has 0 spiro atoms. The van der Waals surface area contributed by atoms with Gasteiger partial charge in [-0.25, -0.2) is 9.97 Å². The average molecular weight is 548 g/mol. The molecule has 0 amide bonds. The van der Waals surface area contributed by atoms with Gasteiger partial charge in [0.05, 0.1) is 33.6 Å². The topological polar surface area (TPSA) is 30.7 Å². The Morgan fingerprint density at radius 2 is 1.02 bits per heavy atom. The fourth-order valence-electron chi connectivity index (χ4n) is 6.64. The first-order valence-electron chi connectivity index (χ1n) is 14.6. The predicted octanol–water partition coefficient (Wildman–Crippen LogP) is 10.4. The highest BCUT2D eigenvalue weighted by molar-refractivity contribution is 6.26. The minimum Gasteiger partial charge on any atom is -0.306 e. The summed E-state index contributed by atoms with van der Waals surface area (Å²) in [5.41, 5.74) is 8.97. The van der Waals surface area contributed by atoms with Gasteiger partial charge in [0.2, 0.25) is 0 Å². The summed E-state index contributed by atoms with van der Waals surface area (Å²) in [5, 5.41) is 7.41. The van der Waals surface area contributed by atoms with Crippen LogP contribution < -0.4 is 0 Å². The second-order valence-electron chi connectivity index (χ2n) is 11.0. The minimum atomic E-state index is 0.868. The highest BCUT2D eigenvalue weighted by Gasteiger charge is 2.21. The third kappa shape index (κ3) is 3.62. The van der Waals surface area contributed by atoms with Crippen LogP contribution in [0.4, 0.5) is 0 Å². The molecule has 200 valence electrons. The van der Waals surface area contributed by atoms with Gasteiger partial charge >= 0.3 is 0 Å². The van der Waals surface area contributed by atoms with Gasteiger partial charge in [-0.15, -0.1) is 0 Å². The summed E-state index contributed by atoms with van der Waals surface area (Å²) >= 11 is 0. The van der Waals surface area contributed by atoms with Crippen molar-refractivity contribution in [1.29, 1.82) is 0 Å². The molecular formula is C40H25N3. The van der Waals surface area contributed by atoms with Gasteiger partial charge in [-0.3, -0.25) is 0 Å². The fraction of sp³-hybridized carbons (Fsp3) is 0. The number of benzene rings is 7. The van der Waals surface area contributed by atoms with E-state index in [9.17, 15) is 0 Å². The SMILES string of the molecule is c1ccc(-c2nc3cccc(-n4c5ccc6ccccc6c5c5ccc6ccccc6c54)c3nc2-c2ccccc2)cc1. The van der Waals surface area contributed by atoms with Crippen LogP contribution in [0.25, 0.3) is 82.6 Å². The van der Waals surface area contributed by atoms with Crippen molar-refractivity contribution in [2.24, 2.45) is 0 Å². The van der Waals surface area contributed by atoms with E-state index in [1.165, 1.54) is 37.8 Å². The van der Waals surface area contributed by atoms with Crippen LogP contribution in [-0.2, 0) is 0 Å². The zero-order valence-corrected chi connectivity index (χ0v) is 23.3. The molecule has 9 rings (SSSR count). The van der Waals surface area contributed by atoms with Crippen molar-refractivity contribution >= 4 is 54.4 Å². The predicted molar refractivity (Wildman–Crippen MR) is 180 cm³/mol. The Bertz CT molecular complexity index is 2490. The van der Waals surface area contributed by atoms with Crippen LogP contribution in [0.5, 0.6) is 0 Å². The van der Waals surface area contributed by atoms with Crippen molar-refractivity contribution in [2.45, 2.75) is 0 Å². The van der Waals surface area contributed by atoms with E-state index in [-0.39, 0.29) is 0 Å². The maximum Gasteiger partial charge on any atom is 0.113 e. The van der Waals surface area contributed by atoms with Gasteiger partial charge in [0.25, 0.3) is 0 Å². The number of rotatable bonds is 3. The number of fused-ring (bicyclic) bond motifs is 8. The third-order valence-corrected chi connectivity index (χ3v) is 8.55. The Morgan fingerprint density at radius 3 is 1.77 bits per heavy atom. The number of hydrogen-bond donors (Lipinski definition) is 0. The lowest BCUT2D eigenvalue weighted by molar-refractivity contribution is 1.18. The first-order chi connectivity index (χ1) is 21.3. The van der Waals surface area contributed by atoms with Gasteiger partial charge in [0, 0.05) is 27.3 Å². The Morgan fingerprint density at radius 1 is 0.419 bits per heavy atom. The minimum absolute atomic E-state index is 0.868. The summed E-state index contributed by atoms with van der Waals surface area (Å²) in [5.74, 6) is 0. The highest BCUT2D eigenvalue weighted by Crippen LogP contribution is 2.41. The lowest BCUT2D eigenvalue weighted by Crippen LogP contribution is -2.01. The Labute approximate surface area is 248 Å². The zero-order valence-electron chi connectivity index (χ0n) is 23.3. The van der Waals surface area contributed by atoms with Gasteiger partial charge in [0.1, 0.15) is 5.52 Å². The molecule has 0 aliphatic rings. The van der Waals surface area contributed by atoms with Crippen LogP contribution in [0.1, 0.15) is 0 Å². The quantitative estimate of drug-likeness (QED) is 0.220. The summed E-state index contributed by atoms with van der Waals surface area (Å²) in [4.78, 5) is 10.7. The molecule has 43 heavy (non-hydrogen) atoms. The Balaban J connectivity index is 1.46. The summed E-state index contributed by atoms with van der Waals surface area (Å²) in [7, 11) is 0.